The van der Waals surface area contributed by atoms with Gasteiger partial charge in [0.15, 0.2) is 5.82 Å². The molecule has 2 heterocycles. The Labute approximate surface area is 152 Å². The maximum absolute atomic E-state index is 14.1. The highest BCUT2D eigenvalue weighted by Gasteiger charge is 2.28. The van der Waals surface area contributed by atoms with Crippen LogP contribution in [0.3, 0.4) is 0 Å². The van der Waals surface area contributed by atoms with Crippen molar-refractivity contribution in [1.29, 1.82) is 0 Å². The summed E-state index contributed by atoms with van der Waals surface area (Å²) in [5, 5.41) is 11.1. The lowest BCUT2D eigenvalue weighted by molar-refractivity contribution is 0.0936. The second-order valence-corrected chi connectivity index (χ2v) is 6.91. The van der Waals surface area contributed by atoms with Crippen LogP contribution in [0.4, 0.5) is 8.78 Å². The first-order valence-electron chi connectivity index (χ1n) is 8.16. The summed E-state index contributed by atoms with van der Waals surface area (Å²) in [5.74, 6) is -1.53. The molecule has 26 heavy (non-hydrogen) atoms. The number of carbonyl (C=O) groups excluding carboxylic acids is 1. The first kappa shape index (κ1) is 16.8. The molecular weight excluding hydrogens is 360 g/mol. The average molecular weight is 375 g/mol. The van der Waals surface area contributed by atoms with E-state index in [1.807, 2.05) is 0 Å². The van der Waals surface area contributed by atoms with E-state index in [2.05, 4.69) is 20.0 Å². The third-order valence-electron chi connectivity index (χ3n) is 4.48. The number of hydrogen-bond acceptors (Lipinski definition) is 5. The zero-order valence-corrected chi connectivity index (χ0v) is 14.7. The normalized spacial score (nSPS) is 16.3. The molecule has 4 rings (SSSR count). The number of aromatic nitrogens is 4. The minimum absolute atomic E-state index is 0.196. The Bertz CT molecular complexity index is 983. The fraction of sp³-hybridized carbons (Fsp3) is 0.294. The van der Waals surface area contributed by atoms with Crippen LogP contribution in [0, 0.1) is 18.6 Å². The molecule has 0 spiro atoms. The first-order valence-corrected chi connectivity index (χ1v) is 8.94. The number of hydrogen-bond donors (Lipinski definition) is 1. The van der Waals surface area contributed by atoms with Gasteiger partial charge in [-0.2, -0.15) is 5.10 Å². The van der Waals surface area contributed by atoms with E-state index >= 15 is 0 Å². The molecule has 2 aromatic heterocycles. The van der Waals surface area contributed by atoms with Crippen molar-refractivity contribution in [3.63, 3.8) is 0 Å². The van der Waals surface area contributed by atoms with Crippen molar-refractivity contribution < 1.29 is 13.6 Å². The van der Waals surface area contributed by atoms with E-state index in [1.54, 1.807) is 13.1 Å². The van der Waals surface area contributed by atoms with E-state index in [9.17, 15) is 13.6 Å². The number of fused-ring (bicyclic) bond motifs is 1. The Balaban J connectivity index is 1.65. The predicted molar refractivity (Wildman–Crippen MR) is 91.3 cm³/mol. The van der Waals surface area contributed by atoms with Gasteiger partial charge < -0.3 is 5.32 Å². The maximum atomic E-state index is 14.1. The van der Waals surface area contributed by atoms with E-state index < -0.39 is 11.6 Å². The minimum Gasteiger partial charge on any atom is -0.344 e. The molecule has 0 fully saturated rings. The first-order chi connectivity index (χ1) is 12.5. The number of nitrogens with one attached hydrogen (secondary N) is 1. The second-order valence-electron chi connectivity index (χ2n) is 6.16. The fourth-order valence-electron chi connectivity index (χ4n) is 3.23. The summed E-state index contributed by atoms with van der Waals surface area (Å²) in [5.41, 5.74) is 2.46. The molecular formula is C17H15F2N5OS. The van der Waals surface area contributed by atoms with Crippen LogP contribution in [0.25, 0.3) is 5.69 Å². The molecule has 1 aliphatic carbocycles. The Kier molecular flexibility index (Phi) is 4.23. The molecule has 0 radical (unpaired) electrons. The molecule has 0 aliphatic heterocycles. The van der Waals surface area contributed by atoms with Gasteiger partial charge in [-0.1, -0.05) is 4.49 Å². The summed E-state index contributed by atoms with van der Waals surface area (Å²) in [7, 11) is 0. The molecule has 0 saturated carbocycles. The molecule has 1 aliphatic rings. The Hall–Kier alpha value is -2.68. The van der Waals surface area contributed by atoms with E-state index in [-0.39, 0.29) is 17.6 Å². The number of carbonyl (C=O) groups is 1. The van der Waals surface area contributed by atoms with Crippen molar-refractivity contribution in [3.05, 3.63) is 57.9 Å². The number of amides is 1. The monoisotopic (exact) mass is 375 g/mol. The molecule has 1 amide bonds. The van der Waals surface area contributed by atoms with Crippen LogP contribution in [0.1, 0.15) is 45.5 Å². The van der Waals surface area contributed by atoms with Gasteiger partial charge in [-0.25, -0.2) is 13.5 Å². The number of aryl methyl sites for hydroxylation is 1. The van der Waals surface area contributed by atoms with Crippen molar-refractivity contribution in [2.24, 2.45) is 0 Å². The zero-order chi connectivity index (χ0) is 18.3. The summed E-state index contributed by atoms with van der Waals surface area (Å²) >= 11 is 1.05. The highest BCUT2D eigenvalue weighted by atomic mass is 32.1. The quantitative estimate of drug-likeness (QED) is 0.763. The predicted octanol–water partition coefficient (Wildman–Crippen LogP) is 3.12. The van der Waals surface area contributed by atoms with Crippen LogP contribution in [-0.2, 0) is 6.42 Å². The van der Waals surface area contributed by atoms with E-state index in [0.29, 0.717) is 17.0 Å². The van der Waals surface area contributed by atoms with Gasteiger partial charge >= 0.3 is 0 Å². The van der Waals surface area contributed by atoms with Crippen molar-refractivity contribution in [2.75, 3.05) is 0 Å². The lowest BCUT2D eigenvalue weighted by Crippen LogP contribution is -2.30. The van der Waals surface area contributed by atoms with Gasteiger partial charge in [-0.15, -0.1) is 5.10 Å². The molecule has 0 saturated heterocycles. The zero-order valence-electron chi connectivity index (χ0n) is 13.9. The molecule has 1 aromatic carbocycles. The standard InChI is InChI=1S/C17H15F2N5OS/c1-9-16(26-23-22-9)17(25)21-13-3-2-4-14-11(13)8-20-24(14)15-6-5-10(18)7-12(15)19/h5-8,13H,2-4H2,1H3,(H,21,25). The number of benzene rings is 1. The Morgan fingerprint density at radius 3 is 2.96 bits per heavy atom. The van der Waals surface area contributed by atoms with Gasteiger partial charge in [-0.05, 0) is 49.9 Å². The highest BCUT2D eigenvalue weighted by molar-refractivity contribution is 7.08. The van der Waals surface area contributed by atoms with Gasteiger partial charge in [0, 0.05) is 17.3 Å². The molecule has 1 unspecified atom stereocenters. The van der Waals surface area contributed by atoms with Gasteiger partial charge in [0.25, 0.3) is 5.91 Å². The summed E-state index contributed by atoms with van der Waals surface area (Å²) in [4.78, 5) is 12.9. The van der Waals surface area contributed by atoms with Crippen molar-refractivity contribution in [3.8, 4) is 5.69 Å². The van der Waals surface area contributed by atoms with Crippen LogP contribution in [0.15, 0.2) is 24.4 Å². The average Bonchev–Trinajstić information content (AvgIpc) is 3.22. The lowest BCUT2D eigenvalue weighted by Gasteiger charge is -2.24. The van der Waals surface area contributed by atoms with Crippen LogP contribution >= 0.6 is 11.5 Å². The molecule has 3 aromatic rings. The SMILES string of the molecule is Cc1nnsc1C(=O)NC1CCCc2c1cnn2-c1ccc(F)cc1F. The van der Waals surface area contributed by atoms with Crippen LogP contribution < -0.4 is 5.32 Å². The van der Waals surface area contributed by atoms with E-state index in [0.717, 1.165) is 41.7 Å². The molecule has 9 heteroatoms. The summed E-state index contributed by atoms with van der Waals surface area (Å²) in [6.45, 7) is 1.74. The lowest BCUT2D eigenvalue weighted by atomic mass is 9.92. The fourth-order valence-corrected chi connectivity index (χ4v) is 3.79. The topological polar surface area (TPSA) is 72.7 Å². The third-order valence-corrected chi connectivity index (χ3v) is 5.31. The Morgan fingerprint density at radius 2 is 2.23 bits per heavy atom. The van der Waals surface area contributed by atoms with Gasteiger partial charge in [-0.3, -0.25) is 4.79 Å². The Morgan fingerprint density at radius 1 is 1.38 bits per heavy atom. The molecule has 134 valence electrons. The summed E-state index contributed by atoms with van der Waals surface area (Å²) < 4.78 is 32.6. The smallest absolute Gasteiger partial charge is 0.265 e. The molecule has 0 bridgehead atoms. The number of nitrogens with zero attached hydrogens (tertiary/aromatic N) is 4. The van der Waals surface area contributed by atoms with Crippen LogP contribution in [0.5, 0.6) is 0 Å². The van der Waals surface area contributed by atoms with Gasteiger partial charge in [0.05, 0.1) is 17.9 Å². The van der Waals surface area contributed by atoms with Crippen LogP contribution in [-0.4, -0.2) is 25.3 Å². The van der Waals surface area contributed by atoms with Crippen LogP contribution in [0.2, 0.25) is 0 Å². The van der Waals surface area contributed by atoms with E-state index in [4.69, 9.17) is 0 Å². The largest absolute Gasteiger partial charge is 0.344 e. The van der Waals surface area contributed by atoms with Gasteiger partial charge in [0.2, 0.25) is 0 Å². The third kappa shape index (κ3) is 2.88. The molecule has 1 N–H and O–H groups in total. The summed E-state index contributed by atoms with van der Waals surface area (Å²) in [6.07, 6.45) is 3.94. The molecule has 6 nitrogen and oxygen atoms in total. The minimum atomic E-state index is -0.673. The van der Waals surface area contributed by atoms with Crippen molar-refractivity contribution in [2.45, 2.75) is 32.2 Å². The molecule has 1 atom stereocenters. The van der Waals surface area contributed by atoms with Crippen molar-refractivity contribution in [1.82, 2.24) is 24.7 Å². The second kappa shape index (κ2) is 6.56. The van der Waals surface area contributed by atoms with Gasteiger partial charge in [0.1, 0.15) is 16.4 Å². The van der Waals surface area contributed by atoms with E-state index in [1.165, 1.54) is 16.8 Å². The summed E-state index contributed by atoms with van der Waals surface area (Å²) in [6, 6.07) is 3.19. The number of halogens is 2. The maximum Gasteiger partial charge on any atom is 0.265 e. The highest BCUT2D eigenvalue weighted by Crippen LogP contribution is 2.32. The number of rotatable bonds is 3. The van der Waals surface area contributed by atoms with Crippen molar-refractivity contribution >= 4 is 17.4 Å².